The van der Waals surface area contributed by atoms with Crippen molar-refractivity contribution in [2.75, 3.05) is 0 Å². The zero-order valence-corrected chi connectivity index (χ0v) is 15.7. The molecule has 2 aromatic rings. The number of carboxylic acid groups (broad SMARTS) is 1. The zero-order chi connectivity index (χ0) is 20.1. The monoisotopic (exact) mass is 374 g/mol. The smallest absolute Gasteiger partial charge is 0.326 e. The van der Waals surface area contributed by atoms with E-state index < -0.39 is 35.9 Å². The summed E-state index contributed by atoms with van der Waals surface area (Å²) in [6.45, 7) is 4.92. The lowest BCUT2D eigenvalue weighted by atomic mass is 10.0. The second-order valence-electron chi connectivity index (χ2n) is 6.98. The molecular weight excluding hydrogens is 348 g/mol. The van der Waals surface area contributed by atoms with Crippen molar-refractivity contribution in [3.8, 4) is 0 Å². The van der Waals surface area contributed by atoms with Gasteiger partial charge in [0.05, 0.1) is 6.04 Å². The first-order chi connectivity index (χ1) is 12.7. The van der Waals surface area contributed by atoms with Crippen molar-refractivity contribution in [3.63, 3.8) is 0 Å². The van der Waals surface area contributed by atoms with Gasteiger partial charge in [0.15, 0.2) is 0 Å². The van der Waals surface area contributed by atoms with Crippen LogP contribution in [-0.2, 0) is 20.8 Å². The Kier molecular flexibility index (Phi) is 6.57. The molecule has 1 aromatic carbocycles. The van der Waals surface area contributed by atoms with E-state index in [-0.39, 0.29) is 12.3 Å². The number of para-hydroxylation sites is 1. The molecule has 0 unspecified atom stereocenters. The fourth-order valence-corrected chi connectivity index (χ4v) is 2.80. The number of H-pyrrole nitrogens is 1. The zero-order valence-electron chi connectivity index (χ0n) is 15.7. The maximum Gasteiger partial charge on any atom is 0.326 e. The van der Waals surface area contributed by atoms with Crippen molar-refractivity contribution >= 4 is 28.7 Å². The summed E-state index contributed by atoms with van der Waals surface area (Å²) in [5.41, 5.74) is 7.35. The van der Waals surface area contributed by atoms with E-state index in [2.05, 4.69) is 15.6 Å². The number of nitrogens with one attached hydrogen (secondary N) is 3. The van der Waals surface area contributed by atoms with Crippen LogP contribution in [0.2, 0.25) is 0 Å². The van der Waals surface area contributed by atoms with Gasteiger partial charge in [-0.05, 0) is 24.5 Å². The van der Waals surface area contributed by atoms with Crippen LogP contribution in [0.3, 0.4) is 0 Å². The molecule has 0 aliphatic carbocycles. The SMILES string of the molecule is CC(C)[C@H](NC(=O)[C@H](Cc1c[nH]c2ccccc12)NC(=O)[C@H](C)N)C(=O)O. The van der Waals surface area contributed by atoms with Gasteiger partial charge in [0, 0.05) is 23.5 Å². The highest BCUT2D eigenvalue weighted by atomic mass is 16.4. The van der Waals surface area contributed by atoms with Crippen LogP contribution in [0, 0.1) is 5.92 Å². The number of amides is 2. The van der Waals surface area contributed by atoms with Gasteiger partial charge in [0.25, 0.3) is 0 Å². The predicted octanol–water partition coefficient (Wildman–Crippen LogP) is 0.768. The molecule has 146 valence electrons. The number of rotatable bonds is 8. The van der Waals surface area contributed by atoms with Crippen LogP contribution in [0.1, 0.15) is 26.3 Å². The van der Waals surface area contributed by atoms with Gasteiger partial charge in [-0.2, -0.15) is 0 Å². The summed E-state index contributed by atoms with van der Waals surface area (Å²) in [5, 5.41) is 15.4. The summed E-state index contributed by atoms with van der Waals surface area (Å²) in [7, 11) is 0. The molecule has 0 saturated heterocycles. The van der Waals surface area contributed by atoms with Crippen LogP contribution in [0.15, 0.2) is 30.5 Å². The summed E-state index contributed by atoms with van der Waals surface area (Å²) < 4.78 is 0. The lowest BCUT2D eigenvalue weighted by Crippen LogP contribution is -2.55. The number of fused-ring (bicyclic) bond motifs is 1. The standard InChI is InChI=1S/C19H26N4O4/c1-10(2)16(19(26)27)23-18(25)15(22-17(24)11(3)20)8-12-9-21-14-7-5-4-6-13(12)14/h4-7,9-11,15-16,21H,8,20H2,1-3H3,(H,22,24)(H,23,25)(H,26,27)/t11-,15-,16-/m0/s1. The average Bonchev–Trinajstić information content (AvgIpc) is 3.01. The molecule has 0 aliphatic rings. The van der Waals surface area contributed by atoms with E-state index in [1.54, 1.807) is 20.0 Å². The van der Waals surface area contributed by atoms with Crippen molar-refractivity contribution in [2.24, 2.45) is 11.7 Å². The molecule has 0 bridgehead atoms. The van der Waals surface area contributed by atoms with Gasteiger partial charge in [-0.3, -0.25) is 9.59 Å². The van der Waals surface area contributed by atoms with Crippen molar-refractivity contribution in [1.82, 2.24) is 15.6 Å². The van der Waals surface area contributed by atoms with E-state index in [0.717, 1.165) is 16.5 Å². The summed E-state index contributed by atoms with van der Waals surface area (Å²) in [5.74, 6) is -2.46. The Morgan fingerprint density at radius 2 is 1.78 bits per heavy atom. The number of aromatic nitrogens is 1. The third-order valence-corrected chi connectivity index (χ3v) is 4.38. The van der Waals surface area contributed by atoms with E-state index in [0.29, 0.717) is 0 Å². The molecule has 1 heterocycles. The first-order valence-electron chi connectivity index (χ1n) is 8.84. The number of carboxylic acids is 1. The molecule has 8 heteroatoms. The Bertz CT molecular complexity index is 828. The number of carbonyl (C=O) groups excluding carboxylic acids is 2. The molecule has 0 saturated carbocycles. The minimum Gasteiger partial charge on any atom is -0.480 e. The Labute approximate surface area is 157 Å². The molecule has 8 nitrogen and oxygen atoms in total. The lowest BCUT2D eigenvalue weighted by molar-refractivity contribution is -0.143. The van der Waals surface area contributed by atoms with Crippen molar-refractivity contribution in [2.45, 2.75) is 45.3 Å². The highest BCUT2D eigenvalue weighted by Crippen LogP contribution is 2.19. The summed E-state index contributed by atoms with van der Waals surface area (Å²) >= 11 is 0. The van der Waals surface area contributed by atoms with Gasteiger partial charge in [0.1, 0.15) is 12.1 Å². The number of nitrogens with two attached hydrogens (primary N) is 1. The maximum absolute atomic E-state index is 12.7. The Balaban J connectivity index is 2.26. The maximum atomic E-state index is 12.7. The molecule has 6 N–H and O–H groups in total. The molecule has 2 amide bonds. The normalized spacial score (nSPS) is 14.6. The fraction of sp³-hybridized carbons (Fsp3) is 0.421. The fourth-order valence-electron chi connectivity index (χ4n) is 2.80. The lowest BCUT2D eigenvalue weighted by Gasteiger charge is -2.23. The van der Waals surface area contributed by atoms with Gasteiger partial charge in [-0.25, -0.2) is 4.79 Å². The van der Waals surface area contributed by atoms with Crippen LogP contribution in [-0.4, -0.2) is 46.0 Å². The molecule has 0 aliphatic heterocycles. The minimum absolute atomic E-state index is 0.207. The van der Waals surface area contributed by atoms with Gasteiger partial charge < -0.3 is 26.5 Å². The molecule has 3 atom stereocenters. The van der Waals surface area contributed by atoms with Gasteiger partial charge in [0.2, 0.25) is 11.8 Å². The second kappa shape index (κ2) is 8.68. The number of aliphatic carboxylic acids is 1. The Morgan fingerprint density at radius 1 is 1.11 bits per heavy atom. The van der Waals surface area contributed by atoms with Crippen LogP contribution in [0.25, 0.3) is 10.9 Å². The first-order valence-corrected chi connectivity index (χ1v) is 8.84. The molecule has 27 heavy (non-hydrogen) atoms. The molecule has 0 radical (unpaired) electrons. The molecule has 0 spiro atoms. The predicted molar refractivity (Wildman–Crippen MR) is 102 cm³/mol. The molecule has 0 fully saturated rings. The molecule has 2 rings (SSSR count). The van der Waals surface area contributed by atoms with Crippen molar-refractivity contribution < 1.29 is 19.5 Å². The summed E-state index contributed by atoms with van der Waals surface area (Å²) in [6.07, 6.45) is 1.98. The number of carbonyl (C=O) groups is 3. The third-order valence-electron chi connectivity index (χ3n) is 4.38. The van der Waals surface area contributed by atoms with Crippen molar-refractivity contribution in [3.05, 3.63) is 36.0 Å². The third kappa shape index (κ3) is 5.07. The highest BCUT2D eigenvalue weighted by Gasteiger charge is 2.29. The Morgan fingerprint density at radius 3 is 2.37 bits per heavy atom. The van der Waals surface area contributed by atoms with Crippen molar-refractivity contribution in [1.29, 1.82) is 0 Å². The molecule has 1 aromatic heterocycles. The average molecular weight is 374 g/mol. The number of hydrogen-bond acceptors (Lipinski definition) is 4. The van der Waals surface area contributed by atoms with Gasteiger partial charge in [-0.15, -0.1) is 0 Å². The summed E-state index contributed by atoms with van der Waals surface area (Å²) in [4.78, 5) is 39.3. The van der Waals surface area contributed by atoms with Crippen LogP contribution >= 0.6 is 0 Å². The van der Waals surface area contributed by atoms with E-state index in [1.165, 1.54) is 6.92 Å². The molecular formula is C19H26N4O4. The number of aromatic amines is 1. The number of hydrogen-bond donors (Lipinski definition) is 5. The van der Waals surface area contributed by atoms with Crippen LogP contribution < -0.4 is 16.4 Å². The van der Waals surface area contributed by atoms with Gasteiger partial charge >= 0.3 is 5.97 Å². The van der Waals surface area contributed by atoms with E-state index in [4.69, 9.17) is 5.73 Å². The first kappa shape index (κ1) is 20.4. The minimum atomic E-state index is -1.12. The highest BCUT2D eigenvalue weighted by molar-refractivity contribution is 5.92. The van der Waals surface area contributed by atoms with E-state index >= 15 is 0 Å². The van der Waals surface area contributed by atoms with E-state index in [9.17, 15) is 19.5 Å². The topological polar surface area (TPSA) is 137 Å². The largest absolute Gasteiger partial charge is 0.480 e. The summed E-state index contributed by atoms with van der Waals surface area (Å²) in [6, 6.07) is 4.83. The van der Waals surface area contributed by atoms with Gasteiger partial charge in [-0.1, -0.05) is 32.0 Å². The second-order valence-corrected chi connectivity index (χ2v) is 6.98. The van der Waals surface area contributed by atoms with E-state index in [1.807, 2.05) is 24.3 Å². The number of benzene rings is 1. The van der Waals surface area contributed by atoms with Crippen LogP contribution in [0.5, 0.6) is 0 Å². The Hall–Kier alpha value is -2.87. The quantitative estimate of drug-likeness (QED) is 0.465. The van der Waals surface area contributed by atoms with Crippen LogP contribution in [0.4, 0.5) is 0 Å².